The van der Waals surface area contributed by atoms with Gasteiger partial charge in [-0.3, -0.25) is 9.59 Å². The summed E-state index contributed by atoms with van der Waals surface area (Å²) >= 11 is 0. The highest BCUT2D eigenvalue weighted by molar-refractivity contribution is 6.02. The fraction of sp³-hybridized carbons (Fsp3) is 0.238. The van der Waals surface area contributed by atoms with Gasteiger partial charge in [-0.2, -0.15) is 0 Å². The zero-order valence-electron chi connectivity index (χ0n) is 14.0. The van der Waals surface area contributed by atoms with Crippen LogP contribution in [-0.4, -0.2) is 11.7 Å². The molecule has 4 rings (SSSR count). The van der Waals surface area contributed by atoms with Gasteiger partial charge in [0.05, 0.1) is 0 Å². The number of halogens is 2. The van der Waals surface area contributed by atoms with Gasteiger partial charge in [-0.05, 0) is 47.7 Å². The van der Waals surface area contributed by atoms with Crippen LogP contribution in [-0.2, 0) is 9.59 Å². The Balaban J connectivity index is 1.70. The average molecular weight is 353 g/mol. The van der Waals surface area contributed by atoms with Gasteiger partial charge in [0.1, 0.15) is 11.6 Å². The summed E-state index contributed by atoms with van der Waals surface area (Å²) in [5, 5.41) is 2.84. The van der Waals surface area contributed by atoms with E-state index in [0.717, 1.165) is 11.1 Å². The lowest BCUT2D eigenvalue weighted by Crippen LogP contribution is -2.38. The van der Waals surface area contributed by atoms with Gasteiger partial charge in [0, 0.05) is 30.0 Å². The van der Waals surface area contributed by atoms with Gasteiger partial charge in [-0.1, -0.05) is 24.3 Å². The number of Topliss-reactive ketones (excluding diaryl/α,β-unsaturated/α-hetero) is 1. The van der Waals surface area contributed by atoms with Crippen molar-refractivity contribution in [2.45, 2.75) is 31.1 Å². The number of rotatable bonds is 2. The van der Waals surface area contributed by atoms with Crippen molar-refractivity contribution in [1.29, 1.82) is 0 Å². The predicted octanol–water partition coefficient (Wildman–Crippen LogP) is 3.97. The molecule has 0 unspecified atom stereocenters. The number of hydrogen-bond acceptors (Lipinski definition) is 2. The molecule has 0 bridgehead atoms. The summed E-state index contributed by atoms with van der Waals surface area (Å²) in [6, 6.07) is 12.1. The Kier molecular flexibility index (Phi) is 4.15. The summed E-state index contributed by atoms with van der Waals surface area (Å²) in [6.45, 7) is 0. The molecule has 2 aromatic rings. The molecule has 0 radical (unpaired) electrons. The lowest BCUT2D eigenvalue weighted by molar-refractivity contribution is -0.122. The Labute approximate surface area is 149 Å². The molecule has 3 nitrogen and oxygen atoms in total. The summed E-state index contributed by atoms with van der Waals surface area (Å²) in [4.78, 5) is 25.1. The molecule has 132 valence electrons. The van der Waals surface area contributed by atoms with Gasteiger partial charge < -0.3 is 5.32 Å². The first-order valence-corrected chi connectivity index (χ1v) is 8.58. The second-order valence-electron chi connectivity index (χ2n) is 6.83. The summed E-state index contributed by atoms with van der Waals surface area (Å²) in [5.41, 5.74) is 2.91. The van der Waals surface area contributed by atoms with Crippen LogP contribution in [0.15, 0.2) is 59.8 Å². The summed E-state index contributed by atoms with van der Waals surface area (Å²) in [6.07, 6.45) is 1.02. The molecule has 0 spiro atoms. The number of amides is 1. The molecule has 0 saturated carbocycles. The van der Waals surface area contributed by atoms with Crippen LogP contribution in [0.5, 0.6) is 0 Å². The number of hydrogen-bond donors (Lipinski definition) is 1. The minimum Gasteiger partial charge on any atom is -0.329 e. The van der Waals surface area contributed by atoms with E-state index in [4.69, 9.17) is 0 Å². The molecule has 5 heteroatoms. The molecule has 1 aliphatic carbocycles. The van der Waals surface area contributed by atoms with Crippen LogP contribution in [0.3, 0.4) is 0 Å². The predicted molar refractivity (Wildman–Crippen MR) is 92.3 cm³/mol. The first-order valence-electron chi connectivity index (χ1n) is 8.58. The van der Waals surface area contributed by atoms with Crippen molar-refractivity contribution in [2.24, 2.45) is 0 Å². The van der Waals surface area contributed by atoms with Crippen molar-refractivity contribution in [2.75, 3.05) is 0 Å². The smallest absolute Gasteiger partial charge is 0.225 e. The van der Waals surface area contributed by atoms with E-state index in [-0.39, 0.29) is 41.6 Å². The largest absolute Gasteiger partial charge is 0.329 e. The highest BCUT2D eigenvalue weighted by Crippen LogP contribution is 2.42. The van der Waals surface area contributed by atoms with Gasteiger partial charge in [-0.25, -0.2) is 8.78 Å². The summed E-state index contributed by atoms with van der Waals surface area (Å²) in [7, 11) is 0. The van der Waals surface area contributed by atoms with E-state index in [2.05, 4.69) is 5.32 Å². The lowest BCUT2D eigenvalue weighted by atomic mass is 9.73. The molecule has 0 aromatic heterocycles. The van der Waals surface area contributed by atoms with Crippen LogP contribution in [0, 0.1) is 11.6 Å². The van der Waals surface area contributed by atoms with Gasteiger partial charge in [0.25, 0.3) is 0 Å². The number of nitrogens with one attached hydrogen (secondary N) is 1. The van der Waals surface area contributed by atoms with Crippen molar-refractivity contribution >= 4 is 11.7 Å². The second-order valence-corrected chi connectivity index (χ2v) is 6.83. The fourth-order valence-corrected chi connectivity index (χ4v) is 3.91. The molecule has 1 heterocycles. The Hall–Kier alpha value is -2.82. The molecule has 0 saturated heterocycles. The first kappa shape index (κ1) is 16.6. The van der Waals surface area contributed by atoms with E-state index >= 15 is 0 Å². The molecule has 2 aromatic carbocycles. The third-order valence-corrected chi connectivity index (χ3v) is 5.15. The Morgan fingerprint density at radius 3 is 1.96 bits per heavy atom. The van der Waals surface area contributed by atoms with Gasteiger partial charge >= 0.3 is 0 Å². The van der Waals surface area contributed by atoms with E-state index in [1.165, 1.54) is 24.3 Å². The zero-order valence-corrected chi connectivity index (χ0v) is 14.0. The van der Waals surface area contributed by atoms with Crippen LogP contribution in [0.4, 0.5) is 8.78 Å². The second kappa shape index (κ2) is 6.48. The number of ketones is 1. The molecule has 1 amide bonds. The Morgan fingerprint density at radius 2 is 1.35 bits per heavy atom. The van der Waals surface area contributed by atoms with Crippen LogP contribution < -0.4 is 5.32 Å². The zero-order chi connectivity index (χ0) is 18.3. The van der Waals surface area contributed by atoms with Gasteiger partial charge in [0.2, 0.25) is 5.91 Å². The van der Waals surface area contributed by atoms with E-state index in [1.54, 1.807) is 24.3 Å². The topological polar surface area (TPSA) is 46.2 Å². The van der Waals surface area contributed by atoms with E-state index < -0.39 is 0 Å². The van der Waals surface area contributed by atoms with Crippen LogP contribution >= 0.6 is 0 Å². The molecule has 1 aliphatic heterocycles. The van der Waals surface area contributed by atoms with Crippen molar-refractivity contribution in [3.63, 3.8) is 0 Å². The normalized spacial score (nSPS) is 22.8. The Bertz CT molecular complexity index is 901. The van der Waals surface area contributed by atoms with E-state index in [0.29, 0.717) is 24.1 Å². The Morgan fingerprint density at radius 1 is 0.769 bits per heavy atom. The molecule has 1 N–H and O–H groups in total. The number of carbonyl (C=O) groups is 2. The number of benzene rings is 2. The molecular formula is C21H17F2NO2. The molecule has 0 fully saturated rings. The third-order valence-electron chi connectivity index (χ3n) is 5.15. The van der Waals surface area contributed by atoms with Crippen molar-refractivity contribution < 1.29 is 18.4 Å². The maximum Gasteiger partial charge on any atom is 0.225 e. The fourth-order valence-electron chi connectivity index (χ4n) is 3.91. The molecule has 2 aliphatic rings. The van der Waals surface area contributed by atoms with Crippen molar-refractivity contribution in [1.82, 2.24) is 5.32 Å². The number of carbonyl (C=O) groups excluding carboxylic acids is 2. The van der Waals surface area contributed by atoms with Gasteiger partial charge in [-0.15, -0.1) is 0 Å². The van der Waals surface area contributed by atoms with Crippen LogP contribution in [0.25, 0.3) is 0 Å². The SMILES string of the molecule is O=C1C[C@H](c2ccc(F)cc2)C2=C(C[C@@H](c3ccc(F)cc3)CC2=O)N1. The average Bonchev–Trinajstić information content (AvgIpc) is 2.62. The van der Waals surface area contributed by atoms with Crippen LogP contribution in [0.2, 0.25) is 0 Å². The molecule has 26 heavy (non-hydrogen) atoms. The standard InChI is InChI=1S/C21H17F2NO2/c22-15-5-1-12(2-6-15)14-9-18-21(19(25)10-14)17(11-20(26)24-18)13-3-7-16(23)8-4-13/h1-8,14,17H,9-11H2,(H,24,26)/t14-,17-/m1/s1. The quantitative estimate of drug-likeness (QED) is 0.888. The van der Waals surface area contributed by atoms with Crippen molar-refractivity contribution in [3.05, 3.63) is 82.6 Å². The minimum atomic E-state index is -0.352. The van der Waals surface area contributed by atoms with Crippen molar-refractivity contribution in [3.8, 4) is 0 Å². The summed E-state index contributed by atoms with van der Waals surface area (Å²) < 4.78 is 26.4. The monoisotopic (exact) mass is 353 g/mol. The van der Waals surface area contributed by atoms with Crippen LogP contribution in [0.1, 0.15) is 42.2 Å². The third kappa shape index (κ3) is 3.05. The highest BCUT2D eigenvalue weighted by atomic mass is 19.1. The molecule has 2 atom stereocenters. The maximum absolute atomic E-state index is 13.2. The molecular weight excluding hydrogens is 336 g/mol. The first-order chi connectivity index (χ1) is 12.5. The number of allylic oxidation sites excluding steroid dienone is 2. The van der Waals surface area contributed by atoms with E-state index in [1.807, 2.05) is 0 Å². The lowest BCUT2D eigenvalue weighted by Gasteiger charge is -2.34. The maximum atomic E-state index is 13.2. The summed E-state index contributed by atoms with van der Waals surface area (Å²) in [5.74, 6) is -1.27. The minimum absolute atomic E-state index is 0.0186. The van der Waals surface area contributed by atoms with Gasteiger partial charge in [0.15, 0.2) is 5.78 Å². The highest BCUT2D eigenvalue weighted by Gasteiger charge is 2.38. The van der Waals surface area contributed by atoms with E-state index in [9.17, 15) is 18.4 Å².